The maximum atomic E-state index is 13.2. The molecular formula is C23H20N2O4S. The first-order valence-electron chi connectivity index (χ1n) is 9.36. The van der Waals surface area contributed by atoms with E-state index < -0.39 is 12.0 Å². The van der Waals surface area contributed by atoms with Crippen LogP contribution in [0, 0.1) is 0 Å². The van der Waals surface area contributed by atoms with Gasteiger partial charge in [0.1, 0.15) is 12.4 Å². The van der Waals surface area contributed by atoms with E-state index in [2.05, 4.69) is 10.6 Å². The van der Waals surface area contributed by atoms with Crippen LogP contribution in [0.5, 0.6) is 5.75 Å². The van der Waals surface area contributed by atoms with Crippen LogP contribution in [0.25, 0.3) is 5.70 Å². The molecule has 1 aliphatic rings. The van der Waals surface area contributed by atoms with E-state index in [4.69, 9.17) is 9.47 Å². The fourth-order valence-corrected chi connectivity index (χ4v) is 3.98. The first-order valence-corrected chi connectivity index (χ1v) is 10.2. The molecule has 30 heavy (non-hydrogen) atoms. The topological polar surface area (TPSA) is 76.7 Å². The molecule has 0 saturated carbocycles. The number of carbonyl (C=O) groups is 2. The van der Waals surface area contributed by atoms with Gasteiger partial charge in [-0.25, -0.2) is 9.59 Å². The van der Waals surface area contributed by atoms with Crippen molar-refractivity contribution in [2.24, 2.45) is 0 Å². The van der Waals surface area contributed by atoms with Crippen molar-refractivity contribution in [3.63, 3.8) is 0 Å². The zero-order valence-electron chi connectivity index (χ0n) is 16.3. The third kappa shape index (κ3) is 4.21. The largest absolute Gasteiger partial charge is 0.497 e. The van der Waals surface area contributed by atoms with Gasteiger partial charge in [-0.1, -0.05) is 48.5 Å². The minimum absolute atomic E-state index is 0.111. The minimum atomic E-state index is -0.611. The quantitative estimate of drug-likeness (QED) is 0.584. The van der Waals surface area contributed by atoms with Gasteiger partial charge in [-0.3, -0.25) is 0 Å². The Bertz CT molecular complexity index is 1060. The molecule has 2 N–H and O–H groups in total. The van der Waals surface area contributed by atoms with E-state index in [1.807, 2.05) is 72.1 Å². The smallest absolute Gasteiger partial charge is 0.338 e. The molecular weight excluding hydrogens is 400 g/mol. The molecule has 1 aromatic heterocycles. The summed E-state index contributed by atoms with van der Waals surface area (Å²) in [6, 6.07) is 19.5. The van der Waals surface area contributed by atoms with Crippen LogP contribution in [0.3, 0.4) is 0 Å². The lowest BCUT2D eigenvalue weighted by Crippen LogP contribution is -2.45. The minimum Gasteiger partial charge on any atom is -0.497 e. The maximum absolute atomic E-state index is 13.2. The number of methoxy groups -OCH3 is 1. The number of thiophene rings is 1. The summed E-state index contributed by atoms with van der Waals surface area (Å²) in [5, 5.41) is 7.53. The Morgan fingerprint density at radius 2 is 1.80 bits per heavy atom. The summed E-state index contributed by atoms with van der Waals surface area (Å²) in [4.78, 5) is 26.3. The number of hydrogen-bond donors (Lipinski definition) is 2. The highest BCUT2D eigenvalue weighted by atomic mass is 32.1. The van der Waals surface area contributed by atoms with Gasteiger partial charge in [0.15, 0.2) is 0 Å². The first kappa shape index (κ1) is 19.7. The fourth-order valence-electron chi connectivity index (χ4n) is 3.24. The molecule has 1 atom stereocenters. The standard InChI is InChI=1S/C23H20N2O4S/c1-28-17-11-9-15(10-12-17)14-29-22(26)19-20(16-6-3-2-4-7-16)24-23(27)25-21(19)18-8-5-13-30-18/h2-13,20H,14H2,1H3,(H2,24,25,27). The molecule has 0 fully saturated rings. The summed E-state index contributed by atoms with van der Waals surface area (Å²) < 4.78 is 10.8. The van der Waals surface area contributed by atoms with Crippen LogP contribution in [-0.4, -0.2) is 19.1 Å². The summed E-state index contributed by atoms with van der Waals surface area (Å²) >= 11 is 1.45. The van der Waals surface area contributed by atoms with Crippen molar-refractivity contribution in [3.05, 3.63) is 93.7 Å². The number of rotatable bonds is 6. The highest BCUT2D eigenvalue weighted by Crippen LogP contribution is 2.33. The summed E-state index contributed by atoms with van der Waals surface area (Å²) in [5.74, 6) is 0.242. The summed E-state index contributed by atoms with van der Waals surface area (Å²) in [7, 11) is 1.60. The van der Waals surface area contributed by atoms with Crippen LogP contribution in [0.1, 0.15) is 22.0 Å². The Balaban J connectivity index is 1.67. The molecule has 2 heterocycles. The van der Waals surface area contributed by atoms with Crippen molar-refractivity contribution in [2.45, 2.75) is 12.6 Å². The Morgan fingerprint density at radius 3 is 2.47 bits per heavy atom. The van der Waals surface area contributed by atoms with Crippen LogP contribution >= 0.6 is 11.3 Å². The Labute approximate surface area is 178 Å². The molecule has 0 aliphatic carbocycles. The second kappa shape index (κ2) is 8.84. The van der Waals surface area contributed by atoms with Crippen LogP contribution < -0.4 is 15.4 Å². The van der Waals surface area contributed by atoms with Crippen molar-refractivity contribution >= 4 is 29.0 Å². The molecule has 4 rings (SSSR count). The number of hydrogen-bond acceptors (Lipinski definition) is 5. The molecule has 7 heteroatoms. The maximum Gasteiger partial charge on any atom is 0.338 e. The van der Waals surface area contributed by atoms with E-state index in [0.29, 0.717) is 11.3 Å². The molecule has 1 aliphatic heterocycles. The monoisotopic (exact) mass is 420 g/mol. The van der Waals surface area contributed by atoms with E-state index in [1.165, 1.54) is 11.3 Å². The lowest BCUT2D eigenvalue weighted by atomic mass is 9.95. The van der Waals surface area contributed by atoms with E-state index in [0.717, 1.165) is 21.8 Å². The lowest BCUT2D eigenvalue weighted by Gasteiger charge is -2.29. The molecule has 0 saturated heterocycles. The van der Waals surface area contributed by atoms with Gasteiger partial charge in [0.2, 0.25) is 0 Å². The Morgan fingerprint density at radius 1 is 1.03 bits per heavy atom. The van der Waals surface area contributed by atoms with Gasteiger partial charge in [-0.2, -0.15) is 0 Å². The highest BCUT2D eigenvalue weighted by Gasteiger charge is 2.34. The van der Waals surface area contributed by atoms with Gasteiger partial charge in [-0.05, 0) is 34.7 Å². The number of amides is 2. The zero-order valence-corrected chi connectivity index (χ0v) is 17.1. The molecule has 152 valence electrons. The number of benzene rings is 2. The third-order valence-corrected chi connectivity index (χ3v) is 5.61. The van der Waals surface area contributed by atoms with Crippen LogP contribution in [0.4, 0.5) is 4.79 Å². The van der Waals surface area contributed by atoms with E-state index in [-0.39, 0.29) is 12.6 Å². The number of nitrogens with one attached hydrogen (secondary N) is 2. The normalized spacial score (nSPS) is 15.9. The molecule has 3 aromatic rings. The molecule has 1 unspecified atom stereocenters. The summed E-state index contributed by atoms with van der Waals surface area (Å²) in [6.45, 7) is 0.111. The fraction of sp³-hybridized carbons (Fsp3) is 0.130. The predicted octanol–water partition coefficient (Wildman–Crippen LogP) is 4.27. The SMILES string of the molecule is COc1ccc(COC(=O)C2=C(c3cccs3)NC(=O)NC2c2ccccc2)cc1. The number of urea groups is 1. The molecule has 6 nitrogen and oxygen atoms in total. The van der Waals surface area contributed by atoms with Crippen LogP contribution in [-0.2, 0) is 16.1 Å². The molecule has 0 bridgehead atoms. The second-order valence-corrected chi connectivity index (χ2v) is 7.58. The van der Waals surface area contributed by atoms with Gasteiger partial charge >= 0.3 is 12.0 Å². The van der Waals surface area contributed by atoms with Crippen LogP contribution in [0.15, 0.2) is 77.7 Å². The molecule has 0 radical (unpaired) electrons. The zero-order chi connectivity index (χ0) is 20.9. The molecule has 0 spiro atoms. The number of ether oxygens (including phenoxy) is 2. The van der Waals surface area contributed by atoms with Crippen LogP contribution in [0.2, 0.25) is 0 Å². The van der Waals surface area contributed by atoms with Gasteiger partial charge in [0.05, 0.1) is 29.3 Å². The average Bonchev–Trinajstić information content (AvgIpc) is 3.33. The molecule has 2 aromatic carbocycles. The summed E-state index contributed by atoms with van der Waals surface area (Å²) in [6.07, 6.45) is 0. The molecule has 2 amide bonds. The van der Waals surface area contributed by atoms with Crippen molar-refractivity contribution in [1.29, 1.82) is 0 Å². The number of esters is 1. The van der Waals surface area contributed by atoms with Gasteiger partial charge < -0.3 is 20.1 Å². The summed E-state index contributed by atoms with van der Waals surface area (Å²) in [5.41, 5.74) is 2.49. The van der Waals surface area contributed by atoms with Crippen molar-refractivity contribution < 1.29 is 19.1 Å². The van der Waals surface area contributed by atoms with Crippen molar-refractivity contribution in [3.8, 4) is 5.75 Å². The third-order valence-electron chi connectivity index (χ3n) is 4.72. The van der Waals surface area contributed by atoms with Gasteiger partial charge in [0.25, 0.3) is 0 Å². The van der Waals surface area contributed by atoms with Gasteiger partial charge in [-0.15, -0.1) is 11.3 Å². The Hall–Kier alpha value is -3.58. The van der Waals surface area contributed by atoms with E-state index >= 15 is 0 Å². The van der Waals surface area contributed by atoms with Crippen molar-refractivity contribution in [1.82, 2.24) is 10.6 Å². The number of carbonyl (C=O) groups excluding carboxylic acids is 2. The first-order chi connectivity index (χ1) is 14.7. The van der Waals surface area contributed by atoms with E-state index in [1.54, 1.807) is 7.11 Å². The second-order valence-electron chi connectivity index (χ2n) is 6.63. The average molecular weight is 420 g/mol. The van der Waals surface area contributed by atoms with Gasteiger partial charge in [0, 0.05) is 0 Å². The predicted molar refractivity (Wildman–Crippen MR) is 115 cm³/mol. The lowest BCUT2D eigenvalue weighted by molar-refractivity contribution is -0.140. The highest BCUT2D eigenvalue weighted by molar-refractivity contribution is 7.11. The van der Waals surface area contributed by atoms with E-state index in [9.17, 15) is 9.59 Å². The van der Waals surface area contributed by atoms with Crippen molar-refractivity contribution in [2.75, 3.05) is 7.11 Å². The Kier molecular flexibility index (Phi) is 5.81.